The van der Waals surface area contributed by atoms with Gasteiger partial charge in [-0.15, -0.1) is 10.2 Å². The van der Waals surface area contributed by atoms with Crippen LogP contribution in [0.15, 0.2) is 48.7 Å². The highest BCUT2D eigenvalue weighted by molar-refractivity contribution is 7.80. The fourth-order valence-electron chi connectivity index (χ4n) is 4.42. The van der Waals surface area contributed by atoms with Gasteiger partial charge >= 0.3 is 0 Å². The van der Waals surface area contributed by atoms with Crippen molar-refractivity contribution in [1.29, 1.82) is 0 Å². The molecule has 8 nitrogen and oxygen atoms in total. The van der Waals surface area contributed by atoms with Crippen molar-refractivity contribution in [2.75, 3.05) is 23.8 Å². The van der Waals surface area contributed by atoms with Gasteiger partial charge in [-0.3, -0.25) is 4.79 Å². The predicted molar refractivity (Wildman–Crippen MR) is 144 cm³/mol. The second-order valence-electron chi connectivity index (χ2n) is 8.54. The number of hydrogen-bond donors (Lipinski definition) is 3. The molecule has 3 heterocycles. The number of thiocarbonyl (C=S) groups is 1. The van der Waals surface area contributed by atoms with Gasteiger partial charge in [-0.25, -0.2) is 0 Å². The highest BCUT2D eigenvalue weighted by Gasteiger charge is 2.20. The minimum Gasteiger partial charge on any atom is -0.389 e. The van der Waals surface area contributed by atoms with E-state index in [1.165, 1.54) is 29.2 Å². The number of carbonyl (C=O) groups excluding carboxylic acids is 1. The first-order valence-corrected chi connectivity index (χ1v) is 12.7. The SMILES string of the molecule is CC(=O)Nc1nnc(NCc2ccc3c(-c4cccc(C(N)=S)c4)cn(C4CCOCC4)c3c2)s1. The lowest BCUT2D eigenvalue weighted by Crippen LogP contribution is -2.19. The standard InChI is InChI=1S/C25H26N6O2S2/c1-15(32)28-25-30-29-24(35-25)27-13-16-5-6-20-21(17-3-2-4-18(12-17)23(26)34)14-31(22(20)11-16)19-7-9-33-10-8-19/h2-6,11-12,14,19H,7-10,13H2,1H3,(H2,26,34)(H,27,29)(H,28,30,32). The number of hydrogen-bond acceptors (Lipinski definition) is 7. The number of anilines is 2. The van der Waals surface area contributed by atoms with E-state index >= 15 is 0 Å². The molecular formula is C25H26N6O2S2. The second-order valence-corrected chi connectivity index (χ2v) is 9.95. The smallest absolute Gasteiger partial charge is 0.223 e. The molecule has 180 valence electrons. The van der Waals surface area contributed by atoms with Crippen LogP contribution < -0.4 is 16.4 Å². The van der Waals surface area contributed by atoms with Crippen molar-refractivity contribution in [3.05, 3.63) is 59.8 Å². The number of benzene rings is 2. The third-order valence-electron chi connectivity index (χ3n) is 6.09. The first-order chi connectivity index (χ1) is 17.0. The average Bonchev–Trinajstić information content (AvgIpc) is 3.47. The van der Waals surface area contributed by atoms with Crippen LogP contribution in [0.1, 0.15) is 36.9 Å². The van der Waals surface area contributed by atoms with Gasteiger partial charge in [-0.2, -0.15) is 0 Å². The van der Waals surface area contributed by atoms with Crippen molar-refractivity contribution in [2.24, 2.45) is 5.73 Å². The molecule has 0 spiro atoms. The van der Waals surface area contributed by atoms with Gasteiger partial charge < -0.3 is 25.7 Å². The fraction of sp³-hybridized carbons (Fsp3) is 0.280. The van der Waals surface area contributed by atoms with Gasteiger partial charge in [0.2, 0.25) is 16.2 Å². The zero-order valence-corrected chi connectivity index (χ0v) is 20.9. The summed E-state index contributed by atoms with van der Waals surface area (Å²) in [5.41, 5.74) is 11.3. The number of amides is 1. The molecule has 4 N–H and O–H groups in total. The van der Waals surface area contributed by atoms with Crippen molar-refractivity contribution in [2.45, 2.75) is 32.4 Å². The molecule has 1 saturated heterocycles. The normalized spacial score (nSPS) is 14.2. The molecule has 0 aliphatic carbocycles. The molecule has 4 aromatic rings. The molecule has 1 fully saturated rings. The van der Waals surface area contributed by atoms with E-state index in [2.05, 4.69) is 61.9 Å². The van der Waals surface area contributed by atoms with E-state index in [4.69, 9.17) is 22.7 Å². The lowest BCUT2D eigenvalue weighted by atomic mass is 10.0. The molecule has 1 aliphatic rings. The van der Waals surface area contributed by atoms with Gasteiger partial charge in [0.1, 0.15) is 4.99 Å². The largest absolute Gasteiger partial charge is 0.389 e. The van der Waals surface area contributed by atoms with Gasteiger partial charge in [0.05, 0.1) is 0 Å². The van der Waals surface area contributed by atoms with Gasteiger partial charge in [0, 0.05) is 61.0 Å². The molecule has 35 heavy (non-hydrogen) atoms. The summed E-state index contributed by atoms with van der Waals surface area (Å²) >= 11 is 6.52. The zero-order valence-electron chi connectivity index (χ0n) is 19.3. The van der Waals surface area contributed by atoms with Crippen LogP contribution in [0.2, 0.25) is 0 Å². The Morgan fingerprint density at radius 2 is 2.00 bits per heavy atom. The highest BCUT2D eigenvalue weighted by atomic mass is 32.1. The van der Waals surface area contributed by atoms with E-state index in [-0.39, 0.29) is 5.91 Å². The summed E-state index contributed by atoms with van der Waals surface area (Å²) in [4.78, 5) is 11.6. The molecule has 1 aliphatic heterocycles. The molecule has 0 bridgehead atoms. The molecule has 0 radical (unpaired) electrons. The van der Waals surface area contributed by atoms with E-state index in [1.807, 2.05) is 12.1 Å². The fourth-order valence-corrected chi connectivity index (χ4v) is 5.23. The Morgan fingerprint density at radius 1 is 1.20 bits per heavy atom. The summed E-state index contributed by atoms with van der Waals surface area (Å²) in [5.74, 6) is -0.165. The molecule has 5 rings (SSSR count). The van der Waals surface area contributed by atoms with E-state index in [0.717, 1.165) is 48.3 Å². The number of carbonyl (C=O) groups is 1. The molecule has 0 unspecified atom stereocenters. The molecule has 2 aromatic carbocycles. The Bertz CT molecular complexity index is 1390. The summed E-state index contributed by atoms with van der Waals surface area (Å²) in [6.07, 6.45) is 4.21. The minimum absolute atomic E-state index is 0.165. The predicted octanol–water partition coefficient (Wildman–Crippen LogP) is 4.72. The summed E-state index contributed by atoms with van der Waals surface area (Å²) in [7, 11) is 0. The Morgan fingerprint density at radius 3 is 2.77 bits per heavy atom. The first-order valence-electron chi connectivity index (χ1n) is 11.4. The number of rotatable bonds is 7. The monoisotopic (exact) mass is 506 g/mol. The lowest BCUT2D eigenvalue weighted by Gasteiger charge is -2.24. The summed E-state index contributed by atoms with van der Waals surface area (Å²) in [6.45, 7) is 3.58. The van der Waals surface area contributed by atoms with E-state index < -0.39 is 0 Å². The third-order valence-corrected chi connectivity index (χ3v) is 7.12. The quantitative estimate of drug-likeness (QED) is 0.312. The van der Waals surface area contributed by atoms with Crippen molar-refractivity contribution in [1.82, 2.24) is 14.8 Å². The number of fused-ring (bicyclic) bond motifs is 1. The van der Waals surface area contributed by atoms with Gasteiger partial charge in [0.15, 0.2) is 0 Å². The Kier molecular flexibility index (Phi) is 6.76. The number of nitrogens with two attached hydrogens (primary N) is 1. The molecule has 1 amide bonds. The van der Waals surface area contributed by atoms with Crippen LogP contribution in [0.4, 0.5) is 10.3 Å². The van der Waals surface area contributed by atoms with Crippen LogP contribution in [-0.4, -0.2) is 38.9 Å². The number of nitrogens with one attached hydrogen (secondary N) is 2. The van der Waals surface area contributed by atoms with Crippen molar-refractivity contribution in [3.63, 3.8) is 0 Å². The third kappa shape index (κ3) is 5.19. The maximum Gasteiger partial charge on any atom is 0.223 e. The van der Waals surface area contributed by atoms with Crippen LogP contribution in [0.3, 0.4) is 0 Å². The topological polar surface area (TPSA) is 107 Å². The van der Waals surface area contributed by atoms with E-state index in [1.54, 1.807) is 0 Å². The zero-order chi connectivity index (χ0) is 24.4. The Labute approximate surface area is 212 Å². The van der Waals surface area contributed by atoms with Crippen LogP contribution in [0, 0.1) is 0 Å². The molecule has 0 atom stereocenters. The van der Waals surface area contributed by atoms with E-state index in [0.29, 0.717) is 27.8 Å². The summed E-state index contributed by atoms with van der Waals surface area (Å²) < 4.78 is 8.01. The molecular weight excluding hydrogens is 480 g/mol. The van der Waals surface area contributed by atoms with E-state index in [9.17, 15) is 4.79 Å². The van der Waals surface area contributed by atoms with Crippen LogP contribution in [0.25, 0.3) is 22.0 Å². The Hall–Kier alpha value is -3.34. The van der Waals surface area contributed by atoms with Gasteiger partial charge in [-0.05, 0) is 36.1 Å². The second kappa shape index (κ2) is 10.1. The average molecular weight is 507 g/mol. The maximum absolute atomic E-state index is 11.2. The lowest BCUT2D eigenvalue weighted by molar-refractivity contribution is -0.114. The molecule has 2 aromatic heterocycles. The number of ether oxygens (including phenoxy) is 1. The summed E-state index contributed by atoms with van der Waals surface area (Å²) in [5, 5.41) is 16.4. The number of aromatic nitrogens is 3. The van der Waals surface area contributed by atoms with Crippen LogP contribution in [0.5, 0.6) is 0 Å². The van der Waals surface area contributed by atoms with Crippen LogP contribution >= 0.6 is 23.6 Å². The van der Waals surface area contributed by atoms with Crippen molar-refractivity contribution >= 4 is 55.6 Å². The van der Waals surface area contributed by atoms with Crippen molar-refractivity contribution < 1.29 is 9.53 Å². The maximum atomic E-state index is 11.2. The molecule has 0 saturated carbocycles. The van der Waals surface area contributed by atoms with Gasteiger partial charge in [-0.1, -0.05) is 53.9 Å². The number of nitrogens with zero attached hydrogens (tertiary/aromatic N) is 3. The Balaban J connectivity index is 1.48. The summed E-state index contributed by atoms with van der Waals surface area (Å²) in [6, 6.07) is 15.0. The van der Waals surface area contributed by atoms with Crippen LogP contribution in [-0.2, 0) is 16.1 Å². The molecule has 10 heteroatoms. The first kappa shape index (κ1) is 23.4. The minimum atomic E-state index is -0.165. The highest BCUT2D eigenvalue weighted by Crippen LogP contribution is 2.36. The van der Waals surface area contributed by atoms with Crippen molar-refractivity contribution in [3.8, 4) is 11.1 Å². The van der Waals surface area contributed by atoms with Gasteiger partial charge in [0.25, 0.3) is 0 Å².